The van der Waals surface area contributed by atoms with Gasteiger partial charge in [-0.15, -0.1) is 0 Å². The van der Waals surface area contributed by atoms with Crippen LogP contribution in [0.4, 0.5) is 0 Å². The first-order valence-corrected chi connectivity index (χ1v) is 10.8. The van der Waals surface area contributed by atoms with Crippen molar-refractivity contribution >= 4 is 5.91 Å². The Labute approximate surface area is 180 Å². The Morgan fingerprint density at radius 1 is 0.833 bits per heavy atom. The molecule has 0 radical (unpaired) electrons. The van der Waals surface area contributed by atoms with E-state index in [4.69, 9.17) is 0 Å². The zero-order valence-electron chi connectivity index (χ0n) is 18.0. The summed E-state index contributed by atoms with van der Waals surface area (Å²) < 4.78 is 0. The Kier molecular flexibility index (Phi) is 8.22. The standard InChI is InChI=1S/C27H32N2O/c1-22(18-19-23-12-6-3-7-13-23)29(21-20-28-2)27(30)26(24-14-8-4-9-15-24)25-16-10-5-11-17-25/h3-17,22,26,28H,18-21H2,1-2H3. The largest absolute Gasteiger partial charge is 0.338 e. The monoisotopic (exact) mass is 400 g/mol. The Balaban J connectivity index is 1.85. The van der Waals surface area contributed by atoms with Crippen LogP contribution in [0.1, 0.15) is 36.0 Å². The van der Waals surface area contributed by atoms with Gasteiger partial charge in [-0.25, -0.2) is 0 Å². The van der Waals surface area contributed by atoms with Crippen molar-refractivity contribution in [2.45, 2.75) is 31.7 Å². The van der Waals surface area contributed by atoms with Gasteiger partial charge >= 0.3 is 0 Å². The number of aryl methyl sites for hydroxylation is 1. The van der Waals surface area contributed by atoms with Crippen LogP contribution in [-0.4, -0.2) is 37.0 Å². The molecule has 3 heteroatoms. The predicted octanol–water partition coefficient (Wildman–Crippen LogP) is 4.89. The van der Waals surface area contributed by atoms with Gasteiger partial charge < -0.3 is 10.2 Å². The van der Waals surface area contributed by atoms with E-state index in [1.54, 1.807) is 0 Å². The van der Waals surface area contributed by atoms with Crippen molar-refractivity contribution in [1.29, 1.82) is 0 Å². The van der Waals surface area contributed by atoms with Crippen LogP contribution in [0, 0.1) is 0 Å². The molecule has 30 heavy (non-hydrogen) atoms. The third-order valence-electron chi connectivity index (χ3n) is 5.62. The zero-order valence-corrected chi connectivity index (χ0v) is 18.0. The van der Waals surface area contributed by atoms with Crippen molar-refractivity contribution in [2.75, 3.05) is 20.1 Å². The van der Waals surface area contributed by atoms with Gasteiger partial charge in [0.1, 0.15) is 0 Å². The fourth-order valence-electron chi connectivity index (χ4n) is 3.89. The van der Waals surface area contributed by atoms with Crippen LogP contribution in [-0.2, 0) is 11.2 Å². The second kappa shape index (κ2) is 11.3. The molecule has 3 nitrogen and oxygen atoms in total. The first-order chi connectivity index (χ1) is 14.7. The van der Waals surface area contributed by atoms with Crippen LogP contribution < -0.4 is 5.32 Å². The normalized spacial score (nSPS) is 12.0. The maximum atomic E-state index is 13.9. The van der Waals surface area contributed by atoms with Crippen LogP contribution in [0.3, 0.4) is 0 Å². The molecular formula is C27H32N2O. The fourth-order valence-corrected chi connectivity index (χ4v) is 3.89. The Morgan fingerprint density at radius 3 is 1.83 bits per heavy atom. The van der Waals surface area contributed by atoms with Crippen molar-refractivity contribution < 1.29 is 4.79 Å². The SMILES string of the molecule is CNCCN(C(=O)C(c1ccccc1)c1ccccc1)C(C)CCc1ccccc1. The third-order valence-corrected chi connectivity index (χ3v) is 5.62. The quantitative estimate of drug-likeness (QED) is 0.526. The average Bonchev–Trinajstić information content (AvgIpc) is 2.80. The summed E-state index contributed by atoms with van der Waals surface area (Å²) in [5, 5.41) is 3.21. The van der Waals surface area contributed by atoms with E-state index >= 15 is 0 Å². The highest BCUT2D eigenvalue weighted by Crippen LogP contribution is 2.28. The third kappa shape index (κ3) is 5.80. The van der Waals surface area contributed by atoms with Gasteiger partial charge in [-0.2, -0.15) is 0 Å². The molecule has 0 aliphatic carbocycles. The second-order valence-electron chi connectivity index (χ2n) is 7.76. The number of amides is 1. The summed E-state index contributed by atoms with van der Waals surface area (Å²) in [5.74, 6) is -0.119. The minimum atomic E-state index is -0.288. The molecule has 0 fully saturated rings. The highest BCUT2D eigenvalue weighted by molar-refractivity contribution is 5.87. The van der Waals surface area contributed by atoms with Gasteiger partial charge in [0, 0.05) is 19.1 Å². The first-order valence-electron chi connectivity index (χ1n) is 10.8. The van der Waals surface area contributed by atoms with Gasteiger partial charge in [0.2, 0.25) is 5.91 Å². The highest BCUT2D eigenvalue weighted by Gasteiger charge is 2.29. The second-order valence-corrected chi connectivity index (χ2v) is 7.76. The first kappa shape index (κ1) is 21.8. The number of benzene rings is 3. The predicted molar refractivity (Wildman–Crippen MR) is 125 cm³/mol. The van der Waals surface area contributed by atoms with Crippen molar-refractivity contribution in [2.24, 2.45) is 0 Å². The molecule has 156 valence electrons. The minimum Gasteiger partial charge on any atom is -0.338 e. The molecule has 0 aliphatic rings. The number of nitrogens with one attached hydrogen (secondary N) is 1. The molecule has 3 rings (SSSR count). The molecule has 0 aliphatic heterocycles. The summed E-state index contributed by atoms with van der Waals surface area (Å²) in [4.78, 5) is 16.0. The molecule has 0 bridgehead atoms. The molecule has 3 aromatic rings. The topological polar surface area (TPSA) is 32.3 Å². The summed E-state index contributed by atoms with van der Waals surface area (Å²) in [7, 11) is 1.93. The van der Waals surface area contributed by atoms with E-state index in [0.29, 0.717) is 6.54 Å². The Bertz CT molecular complexity index is 841. The lowest BCUT2D eigenvalue weighted by molar-refractivity contribution is -0.134. The fraction of sp³-hybridized carbons (Fsp3) is 0.296. The summed E-state index contributed by atoms with van der Waals surface area (Å²) in [5.41, 5.74) is 3.39. The van der Waals surface area contributed by atoms with Gasteiger partial charge in [0.25, 0.3) is 0 Å². The highest BCUT2D eigenvalue weighted by atomic mass is 16.2. The van der Waals surface area contributed by atoms with E-state index in [2.05, 4.69) is 65.7 Å². The van der Waals surface area contributed by atoms with Gasteiger partial charge in [-0.05, 0) is 43.5 Å². The Hall–Kier alpha value is -2.91. The number of carbonyl (C=O) groups is 1. The van der Waals surface area contributed by atoms with Gasteiger partial charge in [-0.1, -0.05) is 91.0 Å². The Morgan fingerprint density at radius 2 is 1.33 bits per heavy atom. The van der Waals surface area contributed by atoms with E-state index in [0.717, 1.165) is 30.5 Å². The van der Waals surface area contributed by atoms with Crippen molar-refractivity contribution in [3.63, 3.8) is 0 Å². The van der Waals surface area contributed by atoms with Crippen LogP contribution >= 0.6 is 0 Å². The summed E-state index contributed by atoms with van der Waals surface area (Å²) >= 11 is 0. The number of hydrogen-bond donors (Lipinski definition) is 1. The molecule has 1 amide bonds. The maximum Gasteiger partial charge on any atom is 0.234 e. The maximum absolute atomic E-state index is 13.9. The number of hydrogen-bond acceptors (Lipinski definition) is 2. The smallest absolute Gasteiger partial charge is 0.234 e. The average molecular weight is 401 g/mol. The number of rotatable bonds is 10. The van der Waals surface area contributed by atoms with E-state index in [1.807, 2.05) is 49.5 Å². The number of nitrogens with zero attached hydrogens (tertiary/aromatic N) is 1. The van der Waals surface area contributed by atoms with E-state index in [1.165, 1.54) is 5.56 Å². The van der Waals surface area contributed by atoms with Crippen LogP contribution in [0.25, 0.3) is 0 Å². The molecule has 0 spiro atoms. The lowest BCUT2D eigenvalue weighted by atomic mass is 9.89. The van der Waals surface area contributed by atoms with E-state index in [-0.39, 0.29) is 17.9 Å². The van der Waals surface area contributed by atoms with Crippen LogP contribution in [0.5, 0.6) is 0 Å². The lowest BCUT2D eigenvalue weighted by Gasteiger charge is -2.33. The van der Waals surface area contributed by atoms with Crippen molar-refractivity contribution in [1.82, 2.24) is 10.2 Å². The van der Waals surface area contributed by atoms with Gasteiger partial charge in [0.15, 0.2) is 0 Å². The van der Waals surface area contributed by atoms with E-state index in [9.17, 15) is 4.79 Å². The number of carbonyl (C=O) groups excluding carboxylic acids is 1. The summed E-state index contributed by atoms with van der Waals surface area (Å²) in [6.45, 7) is 3.64. The molecule has 0 saturated heterocycles. The summed E-state index contributed by atoms with van der Waals surface area (Å²) in [6.07, 6.45) is 1.91. The number of likely N-dealkylation sites (N-methyl/N-ethyl adjacent to an activating group) is 1. The zero-order chi connectivity index (χ0) is 21.2. The molecular weight excluding hydrogens is 368 g/mol. The van der Waals surface area contributed by atoms with Crippen molar-refractivity contribution in [3.8, 4) is 0 Å². The minimum absolute atomic E-state index is 0.154. The molecule has 0 heterocycles. The van der Waals surface area contributed by atoms with Crippen molar-refractivity contribution in [3.05, 3.63) is 108 Å². The lowest BCUT2D eigenvalue weighted by Crippen LogP contribution is -2.45. The van der Waals surface area contributed by atoms with Crippen LogP contribution in [0.2, 0.25) is 0 Å². The van der Waals surface area contributed by atoms with E-state index < -0.39 is 0 Å². The molecule has 1 unspecified atom stereocenters. The van der Waals surface area contributed by atoms with Crippen LogP contribution in [0.15, 0.2) is 91.0 Å². The molecule has 1 N–H and O–H groups in total. The molecule has 0 saturated carbocycles. The van der Waals surface area contributed by atoms with Gasteiger partial charge in [-0.3, -0.25) is 4.79 Å². The summed E-state index contributed by atoms with van der Waals surface area (Å²) in [6, 6.07) is 30.9. The molecule has 0 aromatic heterocycles. The van der Waals surface area contributed by atoms with Gasteiger partial charge in [0.05, 0.1) is 5.92 Å². The molecule has 3 aromatic carbocycles. The molecule has 1 atom stereocenters.